The van der Waals surface area contributed by atoms with Crippen LogP contribution in [0.4, 0.5) is 14.6 Å². The average molecular weight is 324 g/mol. The highest BCUT2D eigenvalue weighted by molar-refractivity contribution is 5.76. The molecule has 0 radical (unpaired) electrons. The van der Waals surface area contributed by atoms with Crippen molar-refractivity contribution in [2.24, 2.45) is 0 Å². The molecular weight excluding hydrogens is 302 g/mol. The van der Waals surface area contributed by atoms with Crippen LogP contribution >= 0.6 is 0 Å². The molecule has 0 saturated carbocycles. The van der Waals surface area contributed by atoms with Gasteiger partial charge >= 0.3 is 0 Å². The number of hydrogen-bond donors (Lipinski definition) is 2. The Balaban J connectivity index is 0.000000924. The van der Waals surface area contributed by atoms with E-state index >= 15 is 0 Å². The van der Waals surface area contributed by atoms with Gasteiger partial charge in [-0.1, -0.05) is 13.8 Å². The predicted octanol–water partition coefficient (Wildman–Crippen LogP) is 1.29. The molecule has 0 unspecified atom stereocenters. The van der Waals surface area contributed by atoms with Gasteiger partial charge < -0.3 is 15.6 Å². The van der Waals surface area contributed by atoms with Crippen molar-refractivity contribution in [3.63, 3.8) is 0 Å². The predicted molar refractivity (Wildman–Crippen MR) is 86.7 cm³/mol. The summed E-state index contributed by atoms with van der Waals surface area (Å²) in [6, 6.07) is 1.97. The second kappa shape index (κ2) is 6.91. The molecule has 2 heterocycles. The van der Waals surface area contributed by atoms with Crippen LogP contribution in [0, 0.1) is 17.0 Å². The zero-order chi connectivity index (χ0) is 17.1. The first-order chi connectivity index (χ1) is 11.0. The first kappa shape index (κ1) is 17.1. The van der Waals surface area contributed by atoms with E-state index in [0.29, 0.717) is 18.9 Å². The van der Waals surface area contributed by atoms with Crippen molar-refractivity contribution < 1.29 is 8.78 Å². The monoisotopic (exact) mass is 324 g/mol. The summed E-state index contributed by atoms with van der Waals surface area (Å²) in [5.74, 6) is 4.25. The molecule has 0 atom stereocenters. The van der Waals surface area contributed by atoms with Gasteiger partial charge in [0.25, 0.3) is 0 Å². The van der Waals surface area contributed by atoms with Crippen molar-refractivity contribution in [3.05, 3.63) is 29.3 Å². The SMILES string of the molecule is CC.CN1CCN(c2nc3cc(F)c(F)cc3n(N)c2=N)CC1. The highest BCUT2D eigenvalue weighted by Crippen LogP contribution is 2.17. The number of aromatic nitrogens is 2. The van der Waals surface area contributed by atoms with Gasteiger partial charge in [0.15, 0.2) is 22.9 Å². The van der Waals surface area contributed by atoms with Crippen LogP contribution in [-0.2, 0) is 0 Å². The van der Waals surface area contributed by atoms with Gasteiger partial charge in [-0.2, -0.15) is 0 Å². The number of nitrogen functional groups attached to an aromatic ring is 1. The molecule has 1 fully saturated rings. The van der Waals surface area contributed by atoms with Crippen molar-refractivity contribution in [3.8, 4) is 0 Å². The summed E-state index contributed by atoms with van der Waals surface area (Å²) in [4.78, 5) is 8.41. The third kappa shape index (κ3) is 3.26. The van der Waals surface area contributed by atoms with Gasteiger partial charge in [-0.3, -0.25) is 5.41 Å². The average Bonchev–Trinajstić information content (AvgIpc) is 2.56. The molecule has 1 aromatic heterocycles. The molecule has 3 rings (SSSR count). The number of hydrogen-bond acceptors (Lipinski definition) is 5. The maximum atomic E-state index is 13.4. The molecule has 1 saturated heterocycles. The van der Waals surface area contributed by atoms with Crippen LogP contribution < -0.4 is 16.2 Å². The molecule has 0 bridgehead atoms. The minimum atomic E-state index is -1.00. The van der Waals surface area contributed by atoms with Crippen molar-refractivity contribution in [1.29, 1.82) is 5.41 Å². The summed E-state index contributed by atoms with van der Waals surface area (Å²) in [6.45, 7) is 7.12. The Bertz CT molecular complexity index is 750. The number of nitrogens with two attached hydrogens (primary N) is 1. The molecule has 23 heavy (non-hydrogen) atoms. The number of nitrogens with zero attached hydrogens (tertiary/aromatic N) is 4. The Labute approximate surface area is 133 Å². The van der Waals surface area contributed by atoms with E-state index < -0.39 is 11.6 Å². The zero-order valence-corrected chi connectivity index (χ0v) is 13.6. The molecule has 3 N–H and O–H groups in total. The number of benzene rings is 1. The summed E-state index contributed by atoms with van der Waals surface area (Å²) in [5, 5.41) is 8.09. The molecule has 0 spiro atoms. The Morgan fingerprint density at radius 3 is 2.26 bits per heavy atom. The quantitative estimate of drug-likeness (QED) is 0.775. The van der Waals surface area contributed by atoms with E-state index in [-0.39, 0.29) is 16.5 Å². The Morgan fingerprint density at radius 2 is 1.65 bits per heavy atom. The zero-order valence-electron chi connectivity index (χ0n) is 13.6. The van der Waals surface area contributed by atoms with E-state index in [4.69, 9.17) is 11.3 Å². The summed E-state index contributed by atoms with van der Waals surface area (Å²) in [6.07, 6.45) is 0. The van der Waals surface area contributed by atoms with Gasteiger partial charge in [0.05, 0.1) is 11.0 Å². The number of piperazine rings is 1. The van der Waals surface area contributed by atoms with Crippen LogP contribution in [0.3, 0.4) is 0 Å². The van der Waals surface area contributed by atoms with Crippen LogP contribution in [0.2, 0.25) is 0 Å². The number of fused-ring (bicyclic) bond motifs is 1. The number of halogens is 2. The molecule has 1 aliphatic heterocycles. The standard InChI is InChI=1S/C13H16F2N6.C2H6/c1-19-2-4-20(5-3-19)13-12(16)21(17)11-7-9(15)8(14)6-10(11)18-13;1-2/h6-7,16H,2-5,17H2,1H3;1-2H3. The first-order valence-corrected chi connectivity index (χ1v) is 7.62. The van der Waals surface area contributed by atoms with E-state index in [1.807, 2.05) is 25.8 Å². The number of rotatable bonds is 1. The Kier molecular flexibility index (Phi) is 5.15. The Hall–Kier alpha value is -2.22. The minimum Gasteiger partial charge on any atom is -0.351 e. The lowest BCUT2D eigenvalue weighted by atomic mass is 10.2. The van der Waals surface area contributed by atoms with E-state index in [1.54, 1.807) is 0 Å². The Morgan fingerprint density at radius 1 is 1.09 bits per heavy atom. The lowest BCUT2D eigenvalue weighted by Gasteiger charge is -2.33. The van der Waals surface area contributed by atoms with Crippen LogP contribution in [0.5, 0.6) is 0 Å². The van der Waals surface area contributed by atoms with Crippen molar-refractivity contribution in [1.82, 2.24) is 14.6 Å². The topological polar surface area (TPSA) is 74.2 Å². The summed E-state index contributed by atoms with van der Waals surface area (Å²) >= 11 is 0. The minimum absolute atomic E-state index is 0.0157. The molecule has 1 aromatic carbocycles. The highest BCUT2D eigenvalue weighted by atomic mass is 19.2. The normalized spacial score (nSPS) is 15.4. The molecule has 126 valence electrons. The lowest BCUT2D eigenvalue weighted by molar-refractivity contribution is 0.311. The lowest BCUT2D eigenvalue weighted by Crippen LogP contribution is -2.47. The number of nitrogens with one attached hydrogen (secondary N) is 1. The summed E-state index contributed by atoms with van der Waals surface area (Å²) in [5.41, 5.74) is 0.413. The summed E-state index contributed by atoms with van der Waals surface area (Å²) in [7, 11) is 2.02. The fourth-order valence-corrected chi connectivity index (χ4v) is 2.44. The van der Waals surface area contributed by atoms with Crippen molar-refractivity contribution >= 4 is 16.9 Å². The van der Waals surface area contributed by atoms with Gasteiger partial charge in [-0.25, -0.2) is 18.4 Å². The van der Waals surface area contributed by atoms with Crippen LogP contribution in [0.15, 0.2) is 12.1 Å². The van der Waals surface area contributed by atoms with Gasteiger partial charge in [-0.05, 0) is 7.05 Å². The van der Waals surface area contributed by atoms with E-state index in [1.165, 1.54) is 0 Å². The summed E-state index contributed by atoms with van der Waals surface area (Å²) < 4.78 is 27.7. The largest absolute Gasteiger partial charge is 0.351 e. The van der Waals surface area contributed by atoms with Crippen LogP contribution in [0.25, 0.3) is 11.0 Å². The number of anilines is 1. The van der Waals surface area contributed by atoms with Gasteiger partial charge in [0.1, 0.15) is 0 Å². The highest BCUT2D eigenvalue weighted by Gasteiger charge is 2.19. The molecule has 2 aromatic rings. The van der Waals surface area contributed by atoms with Gasteiger partial charge in [-0.15, -0.1) is 0 Å². The van der Waals surface area contributed by atoms with Gasteiger partial charge in [0.2, 0.25) is 0 Å². The fraction of sp³-hybridized carbons (Fsp3) is 0.467. The van der Waals surface area contributed by atoms with Crippen molar-refractivity contribution in [2.75, 3.05) is 44.0 Å². The third-order valence-electron chi connectivity index (χ3n) is 3.76. The smallest absolute Gasteiger partial charge is 0.187 e. The maximum absolute atomic E-state index is 13.4. The second-order valence-corrected chi connectivity index (χ2v) is 5.20. The fourth-order valence-electron chi connectivity index (χ4n) is 2.44. The molecule has 1 aliphatic rings. The van der Waals surface area contributed by atoms with E-state index in [2.05, 4.69) is 9.88 Å². The van der Waals surface area contributed by atoms with Crippen LogP contribution in [0.1, 0.15) is 13.8 Å². The molecular formula is C15H22F2N6. The van der Waals surface area contributed by atoms with Gasteiger partial charge in [0, 0.05) is 38.3 Å². The maximum Gasteiger partial charge on any atom is 0.187 e. The third-order valence-corrected chi connectivity index (χ3v) is 3.76. The second-order valence-electron chi connectivity index (χ2n) is 5.20. The molecule has 6 nitrogen and oxygen atoms in total. The van der Waals surface area contributed by atoms with Crippen molar-refractivity contribution in [2.45, 2.75) is 13.8 Å². The molecule has 0 aliphatic carbocycles. The molecule has 8 heteroatoms. The van der Waals surface area contributed by atoms with E-state index in [0.717, 1.165) is 29.9 Å². The van der Waals surface area contributed by atoms with Crippen LogP contribution in [-0.4, -0.2) is 47.8 Å². The molecule has 0 amide bonds. The van der Waals surface area contributed by atoms with E-state index in [9.17, 15) is 8.78 Å². The first-order valence-electron chi connectivity index (χ1n) is 7.62. The number of likely N-dealkylation sites (N-methyl/N-ethyl adjacent to an activating group) is 1.